The lowest BCUT2D eigenvalue weighted by Crippen LogP contribution is -2.36. The van der Waals surface area contributed by atoms with Gasteiger partial charge in [-0.3, -0.25) is 4.79 Å². The molecule has 2 aromatic carbocycles. The number of halogens is 1. The number of nitriles is 1. The Morgan fingerprint density at radius 3 is 2.71 bits per heavy atom. The number of hydrogen-bond donors (Lipinski definition) is 2. The number of nitrogens with zero attached hydrogens (tertiary/aromatic N) is 2. The average Bonchev–Trinajstić information content (AvgIpc) is 2.72. The molecule has 7 heteroatoms. The van der Waals surface area contributed by atoms with Crippen LogP contribution in [0, 0.1) is 18.3 Å². The second-order valence-corrected chi connectivity index (χ2v) is 6.78. The summed E-state index contributed by atoms with van der Waals surface area (Å²) in [7, 11) is 0. The van der Waals surface area contributed by atoms with E-state index < -0.39 is 5.91 Å². The Morgan fingerprint density at radius 1 is 1.21 bits per heavy atom. The lowest BCUT2D eigenvalue weighted by Gasteiger charge is -2.30. The molecule has 0 atom stereocenters. The third-order valence-electron chi connectivity index (χ3n) is 4.44. The maximum Gasteiger partial charge on any atom is 0.267 e. The average molecular weight is 397 g/mol. The molecular weight excluding hydrogens is 376 g/mol. The Morgan fingerprint density at radius 2 is 1.96 bits per heavy atom. The van der Waals surface area contributed by atoms with Gasteiger partial charge in [-0.25, -0.2) is 0 Å². The minimum absolute atomic E-state index is 0.0313. The van der Waals surface area contributed by atoms with E-state index >= 15 is 0 Å². The van der Waals surface area contributed by atoms with E-state index in [1.807, 2.05) is 43.3 Å². The van der Waals surface area contributed by atoms with Crippen LogP contribution >= 0.6 is 11.6 Å². The number of morpholine rings is 1. The summed E-state index contributed by atoms with van der Waals surface area (Å²) in [5, 5.41) is 15.8. The quantitative estimate of drug-likeness (QED) is 0.591. The van der Waals surface area contributed by atoms with E-state index in [9.17, 15) is 10.1 Å². The van der Waals surface area contributed by atoms with Gasteiger partial charge >= 0.3 is 0 Å². The molecule has 0 spiro atoms. The number of rotatable bonds is 5. The van der Waals surface area contributed by atoms with Crippen molar-refractivity contribution in [2.75, 3.05) is 41.8 Å². The molecule has 1 heterocycles. The van der Waals surface area contributed by atoms with Crippen molar-refractivity contribution >= 4 is 34.6 Å². The van der Waals surface area contributed by atoms with Crippen LogP contribution in [0.1, 0.15) is 5.56 Å². The first-order chi connectivity index (χ1) is 13.6. The van der Waals surface area contributed by atoms with E-state index in [0.717, 1.165) is 30.0 Å². The molecule has 0 saturated carbocycles. The molecule has 0 bridgehead atoms. The second kappa shape index (κ2) is 9.27. The van der Waals surface area contributed by atoms with Crippen LogP contribution in [0.4, 0.5) is 17.1 Å². The molecule has 2 N–H and O–H groups in total. The molecule has 144 valence electrons. The Bertz CT molecular complexity index is 930. The number of para-hydroxylation sites is 2. The van der Waals surface area contributed by atoms with E-state index in [2.05, 4.69) is 15.5 Å². The first-order valence-electron chi connectivity index (χ1n) is 8.94. The highest BCUT2D eigenvalue weighted by atomic mass is 35.5. The van der Waals surface area contributed by atoms with Crippen LogP contribution < -0.4 is 15.5 Å². The van der Waals surface area contributed by atoms with E-state index in [1.54, 1.807) is 12.1 Å². The van der Waals surface area contributed by atoms with E-state index in [4.69, 9.17) is 16.3 Å². The van der Waals surface area contributed by atoms with Gasteiger partial charge in [-0.15, -0.1) is 0 Å². The van der Waals surface area contributed by atoms with Crippen molar-refractivity contribution in [3.05, 3.63) is 64.8 Å². The van der Waals surface area contributed by atoms with E-state index in [1.165, 1.54) is 6.20 Å². The summed E-state index contributed by atoms with van der Waals surface area (Å²) < 4.78 is 5.40. The number of carbonyl (C=O) groups excluding carboxylic acids is 1. The number of ether oxygens (including phenoxy) is 1. The van der Waals surface area contributed by atoms with Gasteiger partial charge in [-0.1, -0.05) is 29.8 Å². The lowest BCUT2D eigenvalue weighted by atomic mass is 10.2. The van der Waals surface area contributed by atoms with Crippen molar-refractivity contribution in [3.8, 4) is 6.07 Å². The number of anilines is 3. The predicted octanol–water partition coefficient (Wildman–Crippen LogP) is 3.94. The highest BCUT2D eigenvalue weighted by Gasteiger charge is 2.15. The van der Waals surface area contributed by atoms with Crippen LogP contribution in [0.15, 0.2) is 54.2 Å². The largest absolute Gasteiger partial charge is 0.378 e. The topological polar surface area (TPSA) is 77.4 Å². The Balaban J connectivity index is 1.76. The van der Waals surface area contributed by atoms with Crippen molar-refractivity contribution in [1.82, 2.24) is 0 Å². The smallest absolute Gasteiger partial charge is 0.267 e. The first kappa shape index (κ1) is 19.7. The maximum atomic E-state index is 12.5. The summed E-state index contributed by atoms with van der Waals surface area (Å²) in [5.41, 5.74) is 3.23. The molecule has 1 fully saturated rings. The van der Waals surface area contributed by atoms with Gasteiger partial charge in [0.2, 0.25) is 0 Å². The fourth-order valence-electron chi connectivity index (χ4n) is 2.89. The number of hydrogen-bond acceptors (Lipinski definition) is 5. The highest BCUT2D eigenvalue weighted by molar-refractivity contribution is 6.31. The summed E-state index contributed by atoms with van der Waals surface area (Å²) in [5.74, 6) is -0.496. The zero-order chi connectivity index (χ0) is 19.9. The van der Waals surface area contributed by atoms with Gasteiger partial charge in [0, 0.05) is 30.0 Å². The molecule has 0 aromatic heterocycles. The first-order valence-corrected chi connectivity index (χ1v) is 9.32. The number of aryl methyl sites for hydroxylation is 1. The minimum Gasteiger partial charge on any atom is -0.378 e. The molecule has 0 aliphatic carbocycles. The summed E-state index contributed by atoms with van der Waals surface area (Å²) in [6.45, 7) is 4.80. The van der Waals surface area contributed by atoms with E-state index in [-0.39, 0.29) is 5.57 Å². The molecule has 3 rings (SSSR count). The molecule has 0 radical (unpaired) electrons. The van der Waals surface area contributed by atoms with Crippen LogP contribution in [0.3, 0.4) is 0 Å². The zero-order valence-corrected chi connectivity index (χ0v) is 16.3. The van der Waals surface area contributed by atoms with Gasteiger partial charge < -0.3 is 20.3 Å². The van der Waals surface area contributed by atoms with Gasteiger partial charge in [-0.05, 0) is 36.8 Å². The van der Waals surface area contributed by atoms with E-state index in [0.29, 0.717) is 23.9 Å². The van der Waals surface area contributed by atoms with Gasteiger partial charge in [0.1, 0.15) is 11.6 Å². The highest BCUT2D eigenvalue weighted by Crippen LogP contribution is 2.26. The third-order valence-corrected chi connectivity index (χ3v) is 4.68. The maximum absolute atomic E-state index is 12.5. The lowest BCUT2D eigenvalue weighted by molar-refractivity contribution is -0.112. The van der Waals surface area contributed by atoms with Crippen LogP contribution in [0.2, 0.25) is 5.02 Å². The fourth-order valence-corrected chi connectivity index (χ4v) is 3.06. The molecule has 0 unspecified atom stereocenters. The molecule has 6 nitrogen and oxygen atoms in total. The minimum atomic E-state index is -0.496. The molecule has 2 aromatic rings. The Hall–Kier alpha value is -3.01. The summed E-state index contributed by atoms with van der Waals surface area (Å²) in [6, 6.07) is 14.9. The summed E-state index contributed by atoms with van der Waals surface area (Å²) in [6.07, 6.45) is 1.43. The number of benzene rings is 2. The van der Waals surface area contributed by atoms with Gasteiger partial charge in [0.05, 0.1) is 24.6 Å². The van der Waals surface area contributed by atoms with Crippen LogP contribution in [-0.4, -0.2) is 32.2 Å². The Labute approximate surface area is 169 Å². The van der Waals surface area contributed by atoms with Crippen LogP contribution in [-0.2, 0) is 9.53 Å². The van der Waals surface area contributed by atoms with Crippen LogP contribution in [0.25, 0.3) is 0 Å². The molecule has 1 aliphatic heterocycles. The monoisotopic (exact) mass is 396 g/mol. The van der Waals surface area contributed by atoms with Crippen molar-refractivity contribution in [3.63, 3.8) is 0 Å². The number of nitrogens with one attached hydrogen (secondary N) is 2. The van der Waals surface area contributed by atoms with Gasteiger partial charge in [0.15, 0.2) is 0 Å². The van der Waals surface area contributed by atoms with Crippen LogP contribution in [0.5, 0.6) is 0 Å². The molecule has 1 amide bonds. The van der Waals surface area contributed by atoms with Crippen molar-refractivity contribution in [2.45, 2.75) is 6.92 Å². The SMILES string of the molecule is Cc1ccc(Cl)cc1NC(=O)/C(C#N)=C\Nc1ccccc1N1CCOCC1. The molecule has 1 aliphatic rings. The Kier molecular flexibility index (Phi) is 6.53. The normalized spacial score (nSPS) is 14.3. The number of amides is 1. The summed E-state index contributed by atoms with van der Waals surface area (Å²) >= 11 is 5.99. The molecular formula is C21H21ClN4O2. The zero-order valence-electron chi connectivity index (χ0n) is 15.5. The fraction of sp³-hybridized carbons (Fsp3) is 0.238. The number of carbonyl (C=O) groups is 1. The van der Waals surface area contributed by atoms with Crippen molar-refractivity contribution < 1.29 is 9.53 Å². The predicted molar refractivity (Wildman–Crippen MR) is 112 cm³/mol. The van der Waals surface area contributed by atoms with Gasteiger partial charge in [-0.2, -0.15) is 5.26 Å². The molecule has 1 saturated heterocycles. The summed E-state index contributed by atoms with van der Waals surface area (Å²) in [4.78, 5) is 14.7. The standard InChI is InChI=1S/C21H21ClN4O2/c1-15-6-7-17(22)12-19(15)25-21(27)16(13-23)14-24-18-4-2-3-5-20(18)26-8-10-28-11-9-26/h2-7,12,14,24H,8-11H2,1H3,(H,25,27)/b16-14-. The third kappa shape index (κ3) is 4.83. The van der Waals surface area contributed by atoms with Crippen molar-refractivity contribution in [2.24, 2.45) is 0 Å². The van der Waals surface area contributed by atoms with Gasteiger partial charge in [0.25, 0.3) is 5.91 Å². The van der Waals surface area contributed by atoms with Crippen molar-refractivity contribution in [1.29, 1.82) is 5.26 Å². The second-order valence-electron chi connectivity index (χ2n) is 6.34. The molecule has 28 heavy (non-hydrogen) atoms.